The van der Waals surface area contributed by atoms with Crippen LogP contribution in [0.25, 0.3) is 0 Å². The smallest absolute Gasteiger partial charge is 0.360 e. The van der Waals surface area contributed by atoms with Gasteiger partial charge in [-0.05, 0) is 27.2 Å². The molecule has 1 saturated heterocycles. The summed E-state index contributed by atoms with van der Waals surface area (Å²) in [6.45, 7) is 5.26. The number of carbonyl (C=O) groups excluding carboxylic acids is 1. The number of rotatable bonds is 2. The molecule has 1 heterocycles. The molecule has 1 aliphatic heterocycles. The van der Waals surface area contributed by atoms with Crippen LogP contribution in [0.1, 0.15) is 33.6 Å². The number of hydrogen-bond donors (Lipinski definition) is 1. The maximum atomic E-state index is 11.2. The average molecular weight is 217 g/mol. The molecule has 0 aliphatic carbocycles. The summed E-state index contributed by atoms with van der Waals surface area (Å²) in [6, 6.07) is 0. The summed E-state index contributed by atoms with van der Waals surface area (Å²) in [5, 5.41) is 10.4. The summed E-state index contributed by atoms with van der Waals surface area (Å²) in [7, 11) is 0. The van der Waals surface area contributed by atoms with Crippen LogP contribution in [0.5, 0.6) is 0 Å². The van der Waals surface area contributed by atoms with Crippen LogP contribution in [0, 0.1) is 0 Å². The molecular weight excluding hydrogens is 202 g/mol. The first-order valence-corrected chi connectivity index (χ1v) is 4.98. The summed E-state index contributed by atoms with van der Waals surface area (Å²) in [6.07, 6.45) is 0.489. The normalized spacial score (nSPS) is 22.3. The van der Waals surface area contributed by atoms with Crippen LogP contribution in [0.2, 0.25) is 0 Å². The Hall–Kier alpha value is -0.680. The van der Waals surface area contributed by atoms with E-state index in [2.05, 4.69) is 0 Å². The molecule has 1 atom stereocenters. The van der Waals surface area contributed by atoms with E-state index < -0.39 is 12.1 Å². The van der Waals surface area contributed by atoms with Crippen LogP contribution in [0.4, 0.5) is 0 Å². The fourth-order valence-corrected chi connectivity index (χ4v) is 1.68. The number of carbonyl (C=O) groups is 1. The van der Waals surface area contributed by atoms with Gasteiger partial charge in [-0.25, -0.2) is 4.79 Å². The second-order valence-electron chi connectivity index (χ2n) is 4.09. The Kier molecular flexibility index (Phi) is 3.11. The molecule has 0 bridgehead atoms. The molecule has 0 aromatic heterocycles. The standard InChI is InChI=1S/C9H15NO3S/c1-6(11)8(12)13-10-7(14)4-5-9(10,2)3/h6,11H,4-5H2,1-3H3. The van der Waals surface area contributed by atoms with Crippen molar-refractivity contribution in [1.82, 2.24) is 5.06 Å². The van der Waals surface area contributed by atoms with Gasteiger partial charge in [-0.3, -0.25) is 0 Å². The summed E-state index contributed by atoms with van der Waals surface area (Å²) in [4.78, 5) is 16.8. The highest BCUT2D eigenvalue weighted by Crippen LogP contribution is 2.30. The van der Waals surface area contributed by atoms with E-state index in [0.29, 0.717) is 4.99 Å². The SMILES string of the molecule is CC(O)C(=O)ON1C(=S)CCC1(C)C. The highest BCUT2D eigenvalue weighted by molar-refractivity contribution is 7.80. The molecule has 1 unspecified atom stereocenters. The first-order valence-electron chi connectivity index (χ1n) is 4.57. The Morgan fingerprint density at radius 1 is 1.71 bits per heavy atom. The van der Waals surface area contributed by atoms with E-state index in [9.17, 15) is 4.79 Å². The van der Waals surface area contributed by atoms with E-state index in [1.807, 2.05) is 13.8 Å². The first kappa shape index (κ1) is 11.4. The molecule has 0 saturated carbocycles. The van der Waals surface area contributed by atoms with Gasteiger partial charge in [-0.2, -0.15) is 5.06 Å². The monoisotopic (exact) mass is 217 g/mol. The van der Waals surface area contributed by atoms with Crippen molar-refractivity contribution in [2.24, 2.45) is 0 Å². The fraction of sp³-hybridized carbons (Fsp3) is 0.778. The second kappa shape index (κ2) is 3.82. The Bertz CT molecular complexity index is 263. The van der Waals surface area contributed by atoms with Crippen LogP contribution >= 0.6 is 12.2 Å². The van der Waals surface area contributed by atoms with E-state index in [0.717, 1.165) is 12.8 Å². The highest BCUT2D eigenvalue weighted by Gasteiger charge is 2.38. The van der Waals surface area contributed by atoms with Crippen LogP contribution in [0.3, 0.4) is 0 Å². The third kappa shape index (κ3) is 2.22. The van der Waals surface area contributed by atoms with Crippen LogP contribution in [0.15, 0.2) is 0 Å². The molecule has 0 amide bonds. The molecule has 1 N–H and O–H groups in total. The summed E-state index contributed by atoms with van der Waals surface area (Å²) in [5.74, 6) is -0.665. The Morgan fingerprint density at radius 3 is 2.64 bits per heavy atom. The number of thiocarbonyl (C=S) groups is 1. The Morgan fingerprint density at radius 2 is 2.29 bits per heavy atom. The van der Waals surface area contributed by atoms with Gasteiger partial charge in [0.2, 0.25) is 0 Å². The number of aliphatic hydroxyl groups is 1. The quantitative estimate of drug-likeness (QED) is 0.700. The molecule has 0 spiro atoms. The lowest BCUT2D eigenvalue weighted by atomic mass is 10.0. The summed E-state index contributed by atoms with van der Waals surface area (Å²) in [5.41, 5.74) is -0.262. The predicted octanol–water partition coefficient (Wildman–Crippen LogP) is 1.03. The van der Waals surface area contributed by atoms with E-state index in [1.165, 1.54) is 12.0 Å². The molecule has 1 aliphatic rings. The molecule has 0 aromatic rings. The zero-order valence-corrected chi connectivity index (χ0v) is 9.43. The van der Waals surface area contributed by atoms with E-state index in [4.69, 9.17) is 22.2 Å². The van der Waals surface area contributed by atoms with Gasteiger partial charge in [-0.1, -0.05) is 12.2 Å². The minimum Gasteiger partial charge on any atom is -0.382 e. The minimum absolute atomic E-state index is 0.262. The third-order valence-electron chi connectivity index (χ3n) is 2.25. The molecule has 0 radical (unpaired) electrons. The van der Waals surface area contributed by atoms with Crippen molar-refractivity contribution in [3.05, 3.63) is 0 Å². The average Bonchev–Trinajstić information content (AvgIpc) is 2.31. The van der Waals surface area contributed by atoms with Gasteiger partial charge < -0.3 is 9.94 Å². The molecule has 1 rings (SSSR count). The zero-order chi connectivity index (χ0) is 10.9. The molecule has 0 aromatic carbocycles. The first-order chi connectivity index (χ1) is 6.34. The molecule has 80 valence electrons. The largest absolute Gasteiger partial charge is 0.382 e. The number of nitrogens with zero attached hydrogens (tertiary/aromatic N) is 1. The minimum atomic E-state index is -1.12. The van der Waals surface area contributed by atoms with Crippen molar-refractivity contribution in [2.45, 2.75) is 45.3 Å². The van der Waals surface area contributed by atoms with Gasteiger partial charge in [0.1, 0.15) is 4.99 Å². The van der Waals surface area contributed by atoms with Crippen molar-refractivity contribution < 1.29 is 14.7 Å². The Balaban J connectivity index is 2.67. The highest BCUT2D eigenvalue weighted by atomic mass is 32.1. The van der Waals surface area contributed by atoms with Gasteiger partial charge in [-0.15, -0.1) is 0 Å². The topological polar surface area (TPSA) is 49.8 Å². The fourth-order valence-electron chi connectivity index (χ4n) is 1.29. The van der Waals surface area contributed by atoms with Gasteiger partial charge in [0, 0.05) is 6.42 Å². The molecule has 4 nitrogen and oxygen atoms in total. The van der Waals surface area contributed by atoms with Crippen LogP contribution in [-0.2, 0) is 9.63 Å². The van der Waals surface area contributed by atoms with Crippen LogP contribution in [-0.4, -0.2) is 32.8 Å². The van der Waals surface area contributed by atoms with Crippen molar-refractivity contribution >= 4 is 23.2 Å². The van der Waals surface area contributed by atoms with Crippen molar-refractivity contribution in [2.75, 3.05) is 0 Å². The van der Waals surface area contributed by atoms with Gasteiger partial charge in [0.05, 0.1) is 5.54 Å². The van der Waals surface area contributed by atoms with Gasteiger partial charge in [0.15, 0.2) is 6.10 Å². The molecule has 1 fully saturated rings. The van der Waals surface area contributed by atoms with Gasteiger partial charge in [0.25, 0.3) is 0 Å². The molecule has 14 heavy (non-hydrogen) atoms. The van der Waals surface area contributed by atoms with E-state index in [-0.39, 0.29) is 5.54 Å². The van der Waals surface area contributed by atoms with Crippen molar-refractivity contribution in [3.63, 3.8) is 0 Å². The van der Waals surface area contributed by atoms with E-state index in [1.54, 1.807) is 0 Å². The lowest BCUT2D eigenvalue weighted by molar-refractivity contribution is -0.194. The molecular formula is C9H15NO3S. The maximum absolute atomic E-state index is 11.2. The molecule has 5 heteroatoms. The zero-order valence-electron chi connectivity index (χ0n) is 8.61. The van der Waals surface area contributed by atoms with E-state index >= 15 is 0 Å². The van der Waals surface area contributed by atoms with Crippen molar-refractivity contribution in [3.8, 4) is 0 Å². The third-order valence-corrected chi connectivity index (χ3v) is 2.62. The number of hydroxylamine groups is 2. The summed E-state index contributed by atoms with van der Waals surface area (Å²) >= 11 is 5.06. The van der Waals surface area contributed by atoms with Crippen LogP contribution < -0.4 is 0 Å². The lowest BCUT2D eigenvalue weighted by Crippen LogP contribution is -2.43. The maximum Gasteiger partial charge on any atom is 0.360 e. The Labute approximate surface area is 88.8 Å². The van der Waals surface area contributed by atoms with Gasteiger partial charge >= 0.3 is 5.97 Å². The number of hydrogen-bond acceptors (Lipinski definition) is 4. The summed E-state index contributed by atoms with van der Waals surface area (Å²) < 4.78 is 0. The second-order valence-corrected chi connectivity index (χ2v) is 4.56. The van der Waals surface area contributed by atoms with Crippen molar-refractivity contribution in [1.29, 1.82) is 0 Å². The predicted molar refractivity (Wildman–Crippen MR) is 55.5 cm³/mol. The lowest BCUT2D eigenvalue weighted by Gasteiger charge is -2.31. The number of aliphatic hydroxyl groups excluding tert-OH is 1.